The van der Waals surface area contributed by atoms with Crippen molar-refractivity contribution in [2.24, 2.45) is 5.92 Å². The summed E-state index contributed by atoms with van der Waals surface area (Å²) < 4.78 is 40.5. The van der Waals surface area contributed by atoms with Crippen LogP contribution >= 0.6 is 0 Å². The molecule has 1 aliphatic carbocycles. The third-order valence-electron chi connectivity index (χ3n) is 2.78. The van der Waals surface area contributed by atoms with Crippen LogP contribution < -0.4 is 5.32 Å². The van der Waals surface area contributed by atoms with Gasteiger partial charge in [-0.05, 0) is 25.2 Å². The Labute approximate surface area is 98.7 Å². The fraction of sp³-hybridized carbons (Fsp3) is 0.909. The molecule has 3 nitrogen and oxygen atoms in total. The van der Waals surface area contributed by atoms with Gasteiger partial charge in [0.25, 0.3) is 0 Å². The van der Waals surface area contributed by atoms with Crippen LogP contribution in [0, 0.1) is 5.92 Å². The summed E-state index contributed by atoms with van der Waals surface area (Å²) in [4.78, 5) is 11.3. The van der Waals surface area contributed by atoms with Gasteiger partial charge in [-0.25, -0.2) is 0 Å². The van der Waals surface area contributed by atoms with Crippen LogP contribution in [0.15, 0.2) is 0 Å². The van der Waals surface area contributed by atoms with E-state index in [1.165, 1.54) is 0 Å². The monoisotopic (exact) mass is 253 g/mol. The number of alkyl halides is 3. The van der Waals surface area contributed by atoms with Crippen molar-refractivity contribution in [3.8, 4) is 0 Å². The van der Waals surface area contributed by atoms with E-state index in [0.717, 1.165) is 25.7 Å². The minimum absolute atomic E-state index is 0.126. The highest BCUT2D eigenvalue weighted by Crippen LogP contribution is 2.25. The van der Waals surface area contributed by atoms with Gasteiger partial charge in [0, 0.05) is 0 Å². The summed E-state index contributed by atoms with van der Waals surface area (Å²) in [5.74, 6) is -0.0852. The molecule has 100 valence electrons. The first-order valence-corrected chi connectivity index (χ1v) is 5.84. The predicted molar refractivity (Wildman–Crippen MR) is 56.4 cm³/mol. The molecule has 0 radical (unpaired) electrons. The highest BCUT2D eigenvalue weighted by molar-refractivity contribution is 5.71. The molecule has 1 rings (SSSR count). The molecule has 0 aromatic heterocycles. The lowest BCUT2D eigenvalue weighted by atomic mass is 9.89. The van der Waals surface area contributed by atoms with Crippen LogP contribution in [0.3, 0.4) is 0 Å². The Morgan fingerprint density at radius 2 is 2.12 bits per heavy atom. The summed E-state index contributed by atoms with van der Waals surface area (Å²) in [6.07, 6.45) is -0.658. The summed E-state index contributed by atoms with van der Waals surface area (Å²) >= 11 is 0. The standard InChI is InChI=1S/C11H18F3NO2/c1-8-3-2-4-9(5-8)17-10(16)6-15-7-11(12,13)14/h8-9,15H,2-7H2,1H3. The zero-order valence-electron chi connectivity index (χ0n) is 9.85. The topological polar surface area (TPSA) is 38.3 Å². The third kappa shape index (κ3) is 6.51. The van der Waals surface area contributed by atoms with Gasteiger partial charge in [-0.15, -0.1) is 0 Å². The molecule has 0 saturated heterocycles. The second kappa shape index (κ2) is 6.23. The second-order valence-corrected chi connectivity index (χ2v) is 4.60. The lowest BCUT2D eigenvalue weighted by Gasteiger charge is -2.26. The molecule has 0 aromatic rings. The maximum atomic E-state index is 11.8. The van der Waals surface area contributed by atoms with Crippen molar-refractivity contribution in [1.29, 1.82) is 0 Å². The van der Waals surface area contributed by atoms with Crippen LogP contribution in [-0.2, 0) is 9.53 Å². The minimum atomic E-state index is -4.29. The van der Waals surface area contributed by atoms with E-state index in [1.54, 1.807) is 0 Å². The Bertz CT molecular complexity index is 256. The highest BCUT2D eigenvalue weighted by atomic mass is 19.4. The van der Waals surface area contributed by atoms with Crippen LogP contribution in [-0.4, -0.2) is 31.3 Å². The van der Waals surface area contributed by atoms with E-state index < -0.39 is 18.7 Å². The molecule has 1 N–H and O–H groups in total. The fourth-order valence-electron chi connectivity index (χ4n) is 2.02. The van der Waals surface area contributed by atoms with Crippen LogP contribution in [0.25, 0.3) is 0 Å². The molecule has 17 heavy (non-hydrogen) atoms. The quantitative estimate of drug-likeness (QED) is 0.781. The van der Waals surface area contributed by atoms with Crippen molar-refractivity contribution in [3.05, 3.63) is 0 Å². The first-order valence-electron chi connectivity index (χ1n) is 5.84. The van der Waals surface area contributed by atoms with Gasteiger partial charge < -0.3 is 4.74 Å². The van der Waals surface area contributed by atoms with E-state index in [-0.39, 0.29) is 12.6 Å². The Hall–Kier alpha value is -0.780. The van der Waals surface area contributed by atoms with Crippen LogP contribution in [0.2, 0.25) is 0 Å². The van der Waals surface area contributed by atoms with Crippen molar-refractivity contribution in [3.63, 3.8) is 0 Å². The number of carbonyl (C=O) groups excluding carboxylic acids is 1. The third-order valence-corrected chi connectivity index (χ3v) is 2.78. The van der Waals surface area contributed by atoms with E-state index in [1.807, 2.05) is 5.32 Å². The van der Waals surface area contributed by atoms with Crippen molar-refractivity contribution in [2.75, 3.05) is 13.1 Å². The molecule has 0 aliphatic heterocycles. The Kier molecular flexibility index (Phi) is 5.24. The Balaban J connectivity index is 2.16. The van der Waals surface area contributed by atoms with Crippen LogP contribution in [0.4, 0.5) is 13.2 Å². The molecule has 0 bridgehead atoms. The van der Waals surface area contributed by atoms with Crippen LogP contribution in [0.5, 0.6) is 0 Å². The van der Waals surface area contributed by atoms with Gasteiger partial charge in [0.05, 0.1) is 13.1 Å². The lowest BCUT2D eigenvalue weighted by Crippen LogP contribution is -2.35. The number of carbonyl (C=O) groups is 1. The number of ether oxygens (including phenoxy) is 1. The molecule has 1 saturated carbocycles. The molecule has 1 fully saturated rings. The van der Waals surface area contributed by atoms with E-state index in [0.29, 0.717) is 5.92 Å². The Morgan fingerprint density at radius 3 is 2.71 bits per heavy atom. The molecule has 0 aromatic carbocycles. The van der Waals surface area contributed by atoms with E-state index in [4.69, 9.17) is 4.74 Å². The maximum Gasteiger partial charge on any atom is 0.401 e. The van der Waals surface area contributed by atoms with Gasteiger partial charge in [-0.2, -0.15) is 13.2 Å². The van der Waals surface area contributed by atoms with E-state index in [9.17, 15) is 18.0 Å². The van der Waals surface area contributed by atoms with Gasteiger partial charge >= 0.3 is 12.1 Å². The SMILES string of the molecule is CC1CCCC(OC(=O)CNCC(F)(F)F)C1. The fourth-order valence-corrected chi connectivity index (χ4v) is 2.02. The van der Waals surface area contributed by atoms with Crippen molar-refractivity contribution < 1.29 is 22.7 Å². The number of nitrogens with one attached hydrogen (secondary N) is 1. The number of halogens is 3. The molecule has 0 amide bonds. The molecular formula is C11H18F3NO2. The van der Waals surface area contributed by atoms with Crippen LogP contribution in [0.1, 0.15) is 32.6 Å². The molecule has 0 spiro atoms. The number of esters is 1. The minimum Gasteiger partial charge on any atom is -0.461 e. The van der Waals surface area contributed by atoms with Gasteiger partial charge in [0.2, 0.25) is 0 Å². The summed E-state index contributed by atoms with van der Waals surface area (Å²) in [6.45, 7) is 0.537. The highest BCUT2D eigenvalue weighted by Gasteiger charge is 2.27. The number of hydrogen-bond acceptors (Lipinski definition) is 3. The van der Waals surface area contributed by atoms with Gasteiger partial charge in [-0.1, -0.05) is 13.3 Å². The molecule has 2 atom stereocenters. The summed E-state index contributed by atoms with van der Waals surface area (Å²) in [7, 11) is 0. The van der Waals surface area contributed by atoms with Gasteiger partial charge in [-0.3, -0.25) is 10.1 Å². The molecule has 6 heteroatoms. The average molecular weight is 253 g/mol. The summed E-state index contributed by atoms with van der Waals surface area (Å²) in [6, 6.07) is 0. The van der Waals surface area contributed by atoms with Gasteiger partial charge in [0.15, 0.2) is 0 Å². The molecule has 0 heterocycles. The normalized spacial score (nSPS) is 25.6. The number of hydrogen-bond donors (Lipinski definition) is 1. The average Bonchev–Trinajstić information content (AvgIpc) is 2.15. The lowest BCUT2D eigenvalue weighted by molar-refractivity contribution is -0.151. The molecular weight excluding hydrogens is 235 g/mol. The van der Waals surface area contributed by atoms with Crippen molar-refractivity contribution in [1.82, 2.24) is 5.32 Å². The summed E-state index contributed by atoms with van der Waals surface area (Å²) in [5.41, 5.74) is 0. The maximum absolute atomic E-state index is 11.8. The summed E-state index contributed by atoms with van der Waals surface area (Å²) in [5, 5.41) is 2.03. The zero-order valence-corrected chi connectivity index (χ0v) is 9.85. The van der Waals surface area contributed by atoms with E-state index in [2.05, 4.69) is 6.92 Å². The Morgan fingerprint density at radius 1 is 1.41 bits per heavy atom. The second-order valence-electron chi connectivity index (χ2n) is 4.60. The smallest absolute Gasteiger partial charge is 0.401 e. The predicted octanol–water partition coefficient (Wildman–Crippen LogP) is 2.26. The first-order chi connectivity index (χ1) is 7.87. The van der Waals surface area contributed by atoms with Gasteiger partial charge in [0.1, 0.15) is 6.10 Å². The number of rotatable bonds is 4. The zero-order chi connectivity index (χ0) is 12.9. The van der Waals surface area contributed by atoms with E-state index >= 15 is 0 Å². The van der Waals surface area contributed by atoms with Crippen molar-refractivity contribution in [2.45, 2.75) is 44.9 Å². The molecule has 2 unspecified atom stereocenters. The van der Waals surface area contributed by atoms with Crippen molar-refractivity contribution >= 4 is 5.97 Å². The molecule has 1 aliphatic rings. The largest absolute Gasteiger partial charge is 0.461 e. The first kappa shape index (κ1) is 14.3.